The summed E-state index contributed by atoms with van der Waals surface area (Å²) in [6.07, 6.45) is 34.9. The van der Waals surface area contributed by atoms with Gasteiger partial charge in [-0.05, 0) is 70.6 Å². The van der Waals surface area contributed by atoms with E-state index in [1.165, 1.54) is 32.1 Å². The van der Waals surface area contributed by atoms with E-state index in [9.17, 15) is 23.8 Å². The van der Waals surface area contributed by atoms with Crippen molar-refractivity contribution in [3.8, 4) is 0 Å². The molecular weight excluding hydrogens is 701 g/mol. The van der Waals surface area contributed by atoms with Crippen LogP contribution in [0.25, 0.3) is 0 Å². The average Bonchev–Trinajstić information content (AvgIpc) is 3.88. The fourth-order valence-corrected chi connectivity index (χ4v) is 5.97. The molecule has 1 saturated heterocycles. The summed E-state index contributed by atoms with van der Waals surface area (Å²) < 4.78 is 38.3. The van der Waals surface area contributed by atoms with Gasteiger partial charge in [0.25, 0.3) is 0 Å². The number of hydrogen-bond acceptors (Lipinski definition) is 10. The maximum atomic E-state index is 12.6. The van der Waals surface area contributed by atoms with Crippen molar-refractivity contribution in [3.05, 3.63) is 48.6 Å². The zero-order chi connectivity index (χ0) is 39.0. The average molecular weight is 770 g/mol. The van der Waals surface area contributed by atoms with Gasteiger partial charge in [-0.1, -0.05) is 107 Å². The van der Waals surface area contributed by atoms with Crippen LogP contribution in [0.4, 0.5) is 0 Å². The van der Waals surface area contributed by atoms with Crippen molar-refractivity contribution < 1.29 is 52.2 Å². The molecule has 304 valence electrons. The molecule has 0 spiro atoms. The SMILES string of the molecule is CCCC/C=C\CCCCCCCC(=O)OC[C@H](COP(=O)(O)OC[C@H](N)C(=O)O)OC(=O)CCCC1OC1C/C=C\C/C=C\C/C=C\CCCCC. The quantitative estimate of drug-likeness (QED) is 0.0183. The van der Waals surface area contributed by atoms with Crippen LogP contribution in [-0.4, -0.2) is 72.1 Å². The molecular formula is C40H68NO11P. The second kappa shape index (κ2) is 31.7. The Morgan fingerprint density at radius 3 is 1.96 bits per heavy atom. The Labute approximate surface area is 318 Å². The van der Waals surface area contributed by atoms with Gasteiger partial charge in [0.1, 0.15) is 12.6 Å². The highest BCUT2D eigenvalue weighted by Crippen LogP contribution is 2.43. The van der Waals surface area contributed by atoms with Gasteiger partial charge in [0.05, 0.1) is 25.4 Å². The van der Waals surface area contributed by atoms with Crippen LogP contribution in [0.5, 0.6) is 0 Å². The zero-order valence-corrected chi connectivity index (χ0v) is 33.2. The largest absolute Gasteiger partial charge is 0.480 e. The van der Waals surface area contributed by atoms with Crippen LogP contribution in [-0.2, 0) is 42.2 Å². The molecule has 13 heteroatoms. The summed E-state index contributed by atoms with van der Waals surface area (Å²) in [5, 5.41) is 8.87. The molecule has 12 nitrogen and oxygen atoms in total. The van der Waals surface area contributed by atoms with E-state index in [1.807, 2.05) is 0 Å². The number of ether oxygens (including phenoxy) is 3. The molecule has 4 N–H and O–H groups in total. The van der Waals surface area contributed by atoms with Crippen molar-refractivity contribution >= 4 is 25.7 Å². The van der Waals surface area contributed by atoms with E-state index in [2.05, 4.69) is 67.0 Å². The number of carbonyl (C=O) groups excluding carboxylic acids is 2. The molecule has 0 bridgehead atoms. The molecule has 1 aliphatic rings. The number of unbranched alkanes of at least 4 members (excludes halogenated alkanes) is 10. The fourth-order valence-electron chi connectivity index (χ4n) is 5.19. The molecule has 1 heterocycles. The highest BCUT2D eigenvalue weighted by Gasteiger charge is 2.37. The van der Waals surface area contributed by atoms with Crippen LogP contribution in [0.3, 0.4) is 0 Å². The molecule has 1 fully saturated rings. The third kappa shape index (κ3) is 29.4. The summed E-state index contributed by atoms with van der Waals surface area (Å²) in [5.74, 6) is -2.48. The Hall–Kier alpha value is -2.60. The minimum atomic E-state index is -4.74. The van der Waals surface area contributed by atoms with Gasteiger partial charge in [-0.3, -0.25) is 23.4 Å². The van der Waals surface area contributed by atoms with Gasteiger partial charge in [0.15, 0.2) is 6.10 Å². The molecule has 0 aromatic heterocycles. The Kier molecular flexibility index (Phi) is 29.0. The van der Waals surface area contributed by atoms with Crippen molar-refractivity contribution in [2.75, 3.05) is 19.8 Å². The molecule has 0 aliphatic carbocycles. The van der Waals surface area contributed by atoms with Gasteiger partial charge < -0.3 is 29.9 Å². The third-order valence-corrected chi connectivity index (χ3v) is 9.42. The summed E-state index contributed by atoms with van der Waals surface area (Å²) >= 11 is 0. The lowest BCUT2D eigenvalue weighted by atomic mass is 10.1. The van der Waals surface area contributed by atoms with Crippen molar-refractivity contribution in [1.29, 1.82) is 0 Å². The first-order valence-electron chi connectivity index (χ1n) is 19.8. The topological polar surface area (TPSA) is 184 Å². The number of carbonyl (C=O) groups is 3. The molecule has 5 atom stereocenters. The van der Waals surface area contributed by atoms with Crippen molar-refractivity contribution in [1.82, 2.24) is 0 Å². The molecule has 0 aromatic carbocycles. The van der Waals surface area contributed by atoms with E-state index in [4.69, 9.17) is 29.6 Å². The first-order chi connectivity index (χ1) is 25.6. The van der Waals surface area contributed by atoms with Gasteiger partial charge >= 0.3 is 25.7 Å². The third-order valence-electron chi connectivity index (χ3n) is 8.47. The maximum absolute atomic E-state index is 12.6. The van der Waals surface area contributed by atoms with Crippen molar-refractivity contribution in [3.63, 3.8) is 0 Å². The predicted octanol–water partition coefficient (Wildman–Crippen LogP) is 8.82. The smallest absolute Gasteiger partial charge is 0.472 e. The van der Waals surface area contributed by atoms with E-state index < -0.39 is 51.1 Å². The van der Waals surface area contributed by atoms with Crippen LogP contribution in [0, 0.1) is 0 Å². The van der Waals surface area contributed by atoms with Gasteiger partial charge in [-0.15, -0.1) is 0 Å². The summed E-state index contributed by atoms with van der Waals surface area (Å²) in [6, 6.07) is -1.54. The highest BCUT2D eigenvalue weighted by atomic mass is 31.2. The van der Waals surface area contributed by atoms with Crippen LogP contribution in [0.2, 0.25) is 0 Å². The Morgan fingerprint density at radius 2 is 1.26 bits per heavy atom. The number of rotatable bonds is 35. The van der Waals surface area contributed by atoms with Crippen LogP contribution >= 0.6 is 7.82 Å². The number of carboxylic acid groups (broad SMARTS) is 1. The number of phosphoric ester groups is 1. The molecule has 0 amide bonds. The fraction of sp³-hybridized carbons (Fsp3) is 0.725. The first kappa shape index (κ1) is 48.4. The second-order valence-corrected chi connectivity index (χ2v) is 14.9. The summed E-state index contributed by atoms with van der Waals surface area (Å²) in [5.41, 5.74) is 5.32. The molecule has 0 saturated carbocycles. The second-order valence-electron chi connectivity index (χ2n) is 13.4. The molecule has 3 unspecified atom stereocenters. The minimum Gasteiger partial charge on any atom is -0.480 e. The highest BCUT2D eigenvalue weighted by molar-refractivity contribution is 7.47. The number of aliphatic carboxylic acids is 1. The minimum absolute atomic E-state index is 0.0694. The normalized spacial score (nSPS) is 18.2. The first-order valence-corrected chi connectivity index (χ1v) is 21.3. The van der Waals surface area contributed by atoms with Gasteiger partial charge in [0, 0.05) is 12.8 Å². The summed E-state index contributed by atoms with van der Waals surface area (Å²) in [6.45, 7) is 2.62. The number of carboxylic acids is 1. The summed E-state index contributed by atoms with van der Waals surface area (Å²) in [4.78, 5) is 45.9. The van der Waals surface area contributed by atoms with E-state index in [-0.39, 0.29) is 31.7 Å². The molecule has 0 aromatic rings. The standard InChI is InChI=1S/C40H68NO11P/c1-3-5-7-9-11-13-15-17-18-20-22-24-27-36-37(52-36)28-26-30-39(43)51-34(32-49-53(46,47)50-33-35(41)40(44)45)31-48-38(42)29-25-23-21-19-16-14-12-10-8-6-4-2/h10-13,17-18,22,24,34-37H,3-9,14-16,19-21,23,25-33,41H2,1-2H3,(H,44,45)(H,46,47)/b12-10-,13-11-,18-17-,24-22-/t34-,35+,36?,37?/m1/s1. The molecule has 1 aliphatic heterocycles. The number of epoxide rings is 1. The van der Waals surface area contributed by atoms with Crippen LogP contribution < -0.4 is 5.73 Å². The van der Waals surface area contributed by atoms with Crippen molar-refractivity contribution in [2.45, 2.75) is 167 Å². The lowest BCUT2D eigenvalue weighted by molar-refractivity contribution is -0.161. The monoisotopic (exact) mass is 769 g/mol. The van der Waals surface area contributed by atoms with Crippen LogP contribution in [0.1, 0.15) is 142 Å². The lowest BCUT2D eigenvalue weighted by Gasteiger charge is -2.20. The van der Waals surface area contributed by atoms with Gasteiger partial charge in [-0.25, -0.2) is 4.57 Å². The molecule has 0 radical (unpaired) electrons. The van der Waals surface area contributed by atoms with E-state index in [1.54, 1.807) is 0 Å². The van der Waals surface area contributed by atoms with Crippen molar-refractivity contribution in [2.24, 2.45) is 5.73 Å². The predicted molar refractivity (Wildman–Crippen MR) is 207 cm³/mol. The number of esters is 2. The van der Waals surface area contributed by atoms with Gasteiger partial charge in [0.2, 0.25) is 0 Å². The number of allylic oxidation sites excluding steroid dienone is 7. The summed E-state index contributed by atoms with van der Waals surface area (Å²) in [7, 11) is -4.74. The number of hydrogen-bond donors (Lipinski definition) is 3. The molecule has 1 rings (SSSR count). The molecule has 53 heavy (non-hydrogen) atoms. The van der Waals surface area contributed by atoms with E-state index >= 15 is 0 Å². The Balaban J connectivity index is 2.39. The van der Waals surface area contributed by atoms with E-state index in [0.717, 1.165) is 64.2 Å². The van der Waals surface area contributed by atoms with E-state index in [0.29, 0.717) is 19.3 Å². The zero-order valence-electron chi connectivity index (χ0n) is 32.3. The Bertz CT molecular complexity index is 1160. The van der Waals surface area contributed by atoms with Gasteiger partial charge in [-0.2, -0.15) is 0 Å². The number of nitrogens with two attached hydrogens (primary N) is 1. The lowest BCUT2D eigenvalue weighted by Crippen LogP contribution is -2.34. The Morgan fingerprint density at radius 1 is 0.698 bits per heavy atom. The number of phosphoric acid groups is 1. The maximum Gasteiger partial charge on any atom is 0.472 e. The van der Waals surface area contributed by atoms with Crippen LogP contribution in [0.15, 0.2) is 48.6 Å².